The van der Waals surface area contributed by atoms with E-state index in [9.17, 15) is 0 Å². The summed E-state index contributed by atoms with van der Waals surface area (Å²) in [6.07, 6.45) is 7.37. The Balaban J connectivity index is 1.67. The van der Waals surface area contributed by atoms with Crippen molar-refractivity contribution >= 4 is 0 Å². The lowest BCUT2D eigenvalue weighted by Crippen LogP contribution is -2.33. The third-order valence-corrected chi connectivity index (χ3v) is 5.58. The molecule has 2 unspecified atom stereocenters. The number of benzene rings is 1. The van der Waals surface area contributed by atoms with Crippen molar-refractivity contribution in [3.05, 3.63) is 66.0 Å². The minimum absolute atomic E-state index is 0.266. The van der Waals surface area contributed by atoms with E-state index in [0.717, 1.165) is 32.7 Å². The Kier molecular flexibility index (Phi) is 6.22. The number of aromatic nitrogens is 1. The molecular formula is C22H30N2O. The van der Waals surface area contributed by atoms with Crippen molar-refractivity contribution in [3.8, 4) is 0 Å². The first-order valence-corrected chi connectivity index (χ1v) is 9.48. The van der Waals surface area contributed by atoms with Gasteiger partial charge in [0.1, 0.15) is 0 Å². The number of likely N-dealkylation sites (tertiary alicyclic amines) is 1. The zero-order valence-corrected chi connectivity index (χ0v) is 15.5. The molecule has 1 saturated heterocycles. The van der Waals surface area contributed by atoms with Crippen molar-refractivity contribution in [2.24, 2.45) is 5.41 Å². The quantitative estimate of drug-likeness (QED) is 0.708. The second-order valence-corrected chi connectivity index (χ2v) is 7.31. The Hall–Kier alpha value is -1.71. The Morgan fingerprint density at radius 3 is 2.76 bits per heavy atom. The first-order valence-electron chi connectivity index (χ1n) is 9.48. The summed E-state index contributed by atoms with van der Waals surface area (Å²) < 4.78 is 5.90. The molecule has 3 heteroatoms. The van der Waals surface area contributed by atoms with E-state index < -0.39 is 0 Å². The molecule has 1 aromatic heterocycles. The number of rotatable bonds is 8. The van der Waals surface area contributed by atoms with Gasteiger partial charge in [0, 0.05) is 37.0 Å². The fraction of sp³-hybridized carbons (Fsp3) is 0.500. The standard InChI is InChI=1S/C22H30N2O/c1-3-25-18-22(12-11-20-8-5-4-6-9-20)13-15-24(17-22)19(2)21-10-7-14-23-16-21/h4-10,14,16,19H,3,11-13,15,17-18H2,1-2H3. The molecule has 0 radical (unpaired) electrons. The summed E-state index contributed by atoms with van der Waals surface area (Å²) in [4.78, 5) is 6.89. The van der Waals surface area contributed by atoms with Crippen molar-refractivity contribution in [3.63, 3.8) is 0 Å². The normalized spacial score (nSPS) is 22.2. The lowest BCUT2D eigenvalue weighted by Gasteiger charge is -2.31. The van der Waals surface area contributed by atoms with Crippen LogP contribution in [0.4, 0.5) is 0 Å². The van der Waals surface area contributed by atoms with Crippen LogP contribution in [0.5, 0.6) is 0 Å². The summed E-state index contributed by atoms with van der Waals surface area (Å²) in [7, 11) is 0. The first kappa shape index (κ1) is 18.1. The maximum Gasteiger partial charge on any atom is 0.0535 e. The minimum atomic E-state index is 0.266. The molecule has 3 rings (SSSR count). The molecule has 0 saturated carbocycles. The van der Waals surface area contributed by atoms with Gasteiger partial charge in [-0.2, -0.15) is 0 Å². The second-order valence-electron chi connectivity index (χ2n) is 7.31. The maximum absolute atomic E-state index is 5.90. The fourth-order valence-corrected chi connectivity index (χ4v) is 3.90. The zero-order chi connectivity index (χ0) is 17.5. The van der Waals surface area contributed by atoms with Crippen LogP contribution in [0.1, 0.15) is 43.9 Å². The number of ether oxygens (including phenoxy) is 1. The van der Waals surface area contributed by atoms with Crippen molar-refractivity contribution in [2.45, 2.75) is 39.2 Å². The molecule has 0 bridgehead atoms. The molecular weight excluding hydrogens is 308 g/mol. The average Bonchev–Trinajstić information content (AvgIpc) is 3.10. The SMILES string of the molecule is CCOCC1(CCc2ccccc2)CCN(C(C)c2cccnc2)C1. The highest BCUT2D eigenvalue weighted by Gasteiger charge is 2.39. The molecule has 1 aromatic carbocycles. The molecule has 0 N–H and O–H groups in total. The highest BCUT2D eigenvalue weighted by molar-refractivity contribution is 5.16. The van der Waals surface area contributed by atoms with Crippen LogP contribution in [0.3, 0.4) is 0 Å². The number of aryl methyl sites for hydroxylation is 1. The lowest BCUT2D eigenvalue weighted by molar-refractivity contribution is 0.0466. The van der Waals surface area contributed by atoms with Gasteiger partial charge in [-0.1, -0.05) is 36.4 Å². The molecule has 25 heavy (non-hydrogen) atoms. The Labute approximate surface area is 152 Å². The van der Waals surface area contributed by atoms with E-state index in [0.29, 0.717) is 6.04 Å². The molecule has 0 spiro atoms. The number of hydrogen-bond acceptors (Lipinski definition) is 3. The van der Waals surface area contributed by atoms with Crippen LogP contribution in [0.25, 0.3) is 0 Å². The molecule has 1 fully saturated rings. The van der Waals surface area contributed by atoms with Crippen LogP contribution in [0.2, 0.25) is 0 Å². The van der Waals surface area contributed by atoms with E-state index in [-0.39, 0.29) is 5.41 Å². The fourth-order valence-electron chi connectivity index (χ4n) is 3.90. The van der Waals surface area contributed by atoms with Gasteiger partial charge >= 0.3 is 0 Å². The predicted octanol–water partition coefficient (Wildman–Crippen LogP) is 4.50. The predicted molar refractivity (Wildman–Crippen MR) is 103 cm³/mol. The van der Waals surface area contributed by atoms with Gasteiger partial charge in [-0.15, -0.1) is 0 Å². The van der Waals surface area contributed by atoms with Crippen LogP contribution in [-0.2, 0) is 11.2 Å². The van der Waals surface area contributed by atoms with Gasteiger partial charge in [0.25, 0.3) is 0 Å². The summed E-state index contributed by atoms with van der Waals surface area (Å²) in [5, 5.41) is 0. The van der Waals surface area contributed by atoms with E-state index in [1.54, 1.807) is 0 Å². The smallest absolute Gasteiger partial charge is 0.0535 e. The summed E-state index contributed by atoms with van der Waals surface area (Å²) in [6, 6.07) is 15.5. The van der Waals surface area contributed by atoms with Gasteiger partial charge < -0.3 is 4.74 Å². The van der Waals surface area contributed by atoms with Gasteiger partial charge in [0.15, 0.2) is 0 Å². The summed E-state index contributed by atoms with van der Waals surface area (Å²) in [5.74, 6) is 0. The topological polar surface area (TPSA) is 25.4 Å². The molecule has 134 valence electrons. The van der Waals surface area contributed by atoms with Crippen molar-refractivity contribution in [1.29, 1.82) is 0 Å². The van der Waals surface area contributed by atoms with Crippen LogP contribution in [0, 0.1) is 5.41 Å². The van der Waals surface area contributed by atoms with E-state index >= 15 is 0 Å². The van der Waals surface area contributed by atoms with E-state index in [1.165, 1.54) is 24.0 Å². The molecule has 2 heterocycles. The molecule has 1 aliphatic heterocycles. The van der Waals surface area contributed by atoms with Gasteiger partial charge in [-0.3, -0.25) is 9.88 Å². The number of hydrogen-bond donors (Lipinski definition) is 0. The first-order chi connectivity index (χ1) is 12.2. The molecule has 0 amide bonds. The molecule has 3 nitrogen and oxygen atoms in total. The molecule has 1 aliphatic rings. The Morgan fingerprint density at radius 1 is 1.20 bits per heavy atom. The molecule has 2 aromatic rings. The van der Waals surface area contributed by atoms with E-state index in [2.05, 4.69) is 60.1 Å². The van der Waals surface area contributed by atoms with Crippen molar-refractivity contribution in [2.75, 3.05) is 26.3 Å². The summed E-state index contributed by atoms with van der Waals surface area (Å²) >= 11 is 0. The third-order valence-electron chi connectivity index (χ3n) is 5.58. The maximum atomic E-state index is 5.90. The Morgan fingerprint density at radius 2 is 2.04 bits per heavy atom. The summed E-state index contributed by atoms with van der Waals surface area (Å²) in [6.45, 7) is 8.30. The van der Waals surface area contributed by atoms with Crippen LogP contribution < -0.4 is 0 Å². The molecule has 0 aliphatic carbocycles. The van der Waals surface area contributed by atoms with Crippen molar-refractivity contribution in [1.82, 2.24) is 9.88 Å². The van der Waals surface area contributed by atoms with Crippen LogP contribution in [0.15, 0.2) is 54.9 Å². The van der Waals surface area contributed by atoms with Crippen LogP contribution >= 0.6 is 0 Å². The van der Waals surface area contributed by atoms with Gasteiger partial charge in [0.05, 0.1) is 6.61 Å². The number of pyridine rings is 1. The zero-order valence-electron chi connectivity index (χ0n) is 15.5. The van der Waals surface area contributed by atoms with E-state index in [1.807, 2.05) is 18.5 Å². The van der Waals surface area contributed by atoms with Crippen molar-refractivity contribution < 1.29 is 4.74 Å². The monoisotopic (exact) mass is 338 g/mol. The van der Waals surface area contributed by atoms with Gasteiger partial charge in [-0.25, -0.2) is 0 Å². The number of nitrogens with zero attached hydrogens (tertiary/aromatic N) is 2. The van der Waals surface area contributed by atoms with Crippen LogP contribution in [-0.4, -0.2) is 36.2 Å². The molecule has 2 atom stereocenters. The highest BCUT2D eigenvalue weighted by atomic mass is 16.5. The van der Waals surface area contributed by atoms with E-state index in [4.69, 9.17) is 4.74 Å². The largest absolute Gasteiger partial charge is 0.381 e. The second kappa shape index (κ2) is 8.59. The third kappa shape index (κ3) is 4.68. The lowest BCUT2D eigenvalue weighted by atomic mass is 9.82. The average molecular weight is 338 g/mol. The highest BCUT2D eigenvalue weighted by Crippen LogP contribution is 2.39. The minimum Gasteiger partial charge on any atom is -0.381 e. The summed E-state index contributed by atoms with van der Waals surface area (Å²) in [5.41, 5.74) is 3.00. The van der Waals surface area contributed by atoms with Gasteiger partial charge in [0.2, 0.25) is 0 Å². The van der Waals surface area contributed by atoms with Gasteiger partial charge in [-0.05, 0) is 56.8 Å². The Bertz CT molecular complexity index is 631.